The van der Waals surface area contributed by atoms with E-state index in [1.807, 2.05) is 28.2 Å². The van der Waals surface area contributed by atoms with Gasteiger partial charge in [0, 0.05) is 12.6 Å². The molecule has 1 aromatic carbocycles. The molecule has 110 valence electrons. The Bertz CT molecular complexity index is 616. The van der Waals surface area contributed by atoms with Crippen molar-refractivity contribution >= 4 is 27.7 Å². The van der Waals surface area contributed by atoms with Gasteiger partial charge in [-0.05, 0) is 32.4 Å². The zero-order chi connectivity index (χ0) is 15.1. The van der Waals surface area contributed by atoms with Crippen LogP contribution in [-0.2, 0) is 6.54 Å². The maximum Gasteiger partial charge on any atom is 0.404 e. The normalized spacial score (nSPS) is 10.2. The molecular weight excluding hydrogens is 276 g/mol. The number of fused-ring (bicyclic) bond motifs is 1. The number of benzene rings is 1. The van der Waals surface area contributed by atoms with Crippen LogP contribution in [0, 0.1) is 0 Å². The van der Waals surface area contributed by atoms with Gasteiger partial charge in [-0.15, -0.1) is 0 Å². The summed E-state index contributed by atoms with van der Waals surface area (Å²) in [6.45, 7) is 6.46. The molecule has 0 aliphatic carbocycles. The highest BCUT2D eigenvalue weighted by atomic mass is 32.1. The highest BCUT2D eigenvalue weighted by Crippen LogP contribution is 2.15. The summed E-state index contributed by atoms with van der Waals surface area (Å²) in [6.07, 6.45) is 0.0437. The van der Waals surface area contributed by atoms with Crippen LogP contribution in [0.15, 0.2) is 29.1 Å². The summed E-state index contributed by atoms with van der Waals surface area (Å²) in [4.78, 5) is 21.4. The molecule has 1 amide bonds. The average molecular weight is 296 g/mol. The van der Waals surface area contributed by atoms with Gasteiger partial charge in [-0.3, -0.25) is 8.75 Å². The first-order valence-corrected chi connectivity index (χ1v) is 7.31. The van der Waals surface area contributed by atoms with E-state index in [0.717, 1.165) is 23.1 Å². The predicted molar refractivity (Wildman–Crippen MR) is 82.7 cm³/mol. The minimum Gasteiger partial charge on any atom is -0.465 e. The number of aryl methyl sites for hydroxylation is 1. The van der Waals surface area contributed by atoms with Crippen molar-refractivity contribution in [3.8, 4) is 0 Å². The molecule has 1 aromatic heterocycles. The number of aromatic nitrogens is 1. The fourth-order valence-electron chi connectivity index (χ4n) is 1.61. The first-order chi connectivity index (χ1) is 9.45. The Morgan fingerprint density at radius 2 is 2.05 bits per heavy atom. The van der Waals surface area contributed by atoms with Crippen molar-refractivity contribution in [3.63, 3.8) is 0 Å². The fraction of sp³-hybridized carbons (Fsp3) is 0.429. The minimum atomic E-state index is -0.963. The molecule has 0 saturated heterocycles. The standard InChI is InChI=1S/C10H11NOS.C4H9NO2/c1-2-7-11-10(12)8-5-3-4-6-9(8)13-11;1-3(2)5-4(6)7/h3-6H,2,7H2,1H3;3,5H,1-2H3,(H,6,7). The van der Waals surface area contributed by atoms with Crippen LogP contribution >= 0.6 is 11.5 Å². The van der Waals surface area contributed by atoms with E-state index < -0.39 is 6.09 Å². The molecule has 0 spiro atoms. The van der Waals surface area contributed by atoms with Gasteiger partial charge in [0.05, 0.1) is 10.1 Å². The van der Waals surface area contributed by atoms with Gasteiger partial charge in [0.1, 0.15) is 0 Å². The Kier molecular flexibility index (Phi) is 6.24. The number of amides is 1. The van der Waals surface area contributed by atoms with Crippen molar-refractivity contribution in [1.29, 1.82) is 0 Å². The highest BCUT2D eigenvalue weighted by molar-refractivity contribution is 7.13. The van der Waals surface area contributed by atoms with E-state index in [1.54, 1.807) is 25.4 Å². The first-order valence-electron chi connectivity index (χ1n) is 6.54. The Hall–Kier alpha value is -1.82. The fourth-order valence-corrected chi connectivity index (χ4v) is 2.70. The lowest BCUT2D eigenvalue weighted by atomic mass is 10.3. The van der Waals surface area contributed by atoms with Crippen LogP contribution in [0.25, 0.3) is 10.1 Å². The lowest BCUT2D eigenvalue weighted by Crippen LogP contribution is -2.27. The third-order valence-corrected chi connectivity index (χ3v) is 3.51. The molecule has 0 unspecified atom stereocenters. The molecule has 1 heterocycles. The number of hydrogen-bond donors (Lipinski definition) is 2. The lowest BCUT2D eigenvalue weighted by Gasteiger charge is -2.00. The molecule has 20 heavy (non-hydrogen) atoms. The van der Waals surface area contributed by atoms with Gasteiger partial charge < -0.3 is 10.4 Å². The topological polar surface area (TPSA) is 71.3 Å². The summed E-state index contributed by atoms with van der Waals surface area (Å²) >= 11 is 1.55. The van der Waals surface area contributed by atoms with Crippen molar-refractivity contribution in [2.75, 3.05) is 0 Å². The summed E-state index contributed by atoms with van der Waals surface area (Å²) in [6, 6.07) is 7.78. The third kappa shape index (κ3) is 4.70. The molecule has 0 radical (unpaired) electrons. The molecule has 0 aliphatic rings. The lowest BCUT2D eigenvalue weighted by molar-refractivity contribution is 0.191. The molecule has 0 saturated carbocycles. The number of rotatable bonds is 3. The van der Waals surface area contributed by atoms with Crippen LogP contribution < -0.4 is 10.9 Å². The summed E-state index contributed by atoms with van der Waals surface area (Å²) in [5, 5.41) is 11.0. The van der Waals surface area contributed by atoms with Gasteiger partial charge in [-0.2, -0.15) is 0 Å². The van der Waals surface area contributed by atoms with E-state index in [-0.39, 0.29) is 11.6 Å². The van der Waals surface area contributed by atoms with Crippen LogP contribution in [0.2, 0.25) is 0 Å². The van der Waals surface area contributed by atoms with Gasteiger partial charge in [0.25, 0.3) is 5.56 Å². The van der Waals surface area contributed by atoms with Crippen LogP contribution in [0.3, 0.4) is 0 Å². The Morgan fingerprint density at radius 3 is 2.50 bits per heavy atom. The first kappa shape index (κ1) is 16.2. The van der Waals surface area contributed by atoms with Gasteiger partial charge in [0.2, 0.25) is 0 Å². The van der Waals surface area contributed by atoms with Crippen LogP contribution in [0.4, 0.5) is 4.79 Å². The summed E-state index contributed by atoms with van der Waals surface area (Å²) in [5.41, 5.74) is 0.155. The molecule has 0 aliphatic heterocycles. The maximum absolute atomic E-state index is 11.7. The van der Waals surface area contributed by atoms with Crippen molar-refractivity contribution < 1.29 is 9.90 Å². The third-order valence-electron chi connectivity index (χ3n) is 2.39. The van der Waals surface area contributed by atoms with Crippen LogP contribution in [0.5, 0.6) is 0 Å². The van der Waals surface area contributed by atoms with Crippen LogP contribution in [0.1, 0.15) is 27.2 Å². The summed E-state index contributed by atoms with van der Waals surface area (Å²) in [7, 11) is 0. The Morgan fingerprint density at radius 1 is 1.40 bits per heavy atom. The number of nitrogens with one attached hydrogen (secondary N) is 1. The number of carbonyl (C=O) groups is 1. The Labute approximate surface area is 122 Å². The quantitative estimate of drug-likeness (QED) is 0.914. The largest absolute Gasteiger partial charge is 0.465 e. The highest BCUT2D eigenvalue weighted by Gasteiger charge is 2.04. The number of nitrogens with zero attached hydrogens (tertiary/aromatic N) is 1. The van der Waals surface area contributed by atoms with Gasteiger partial charge in [0.15, 0.2) is 0 Å². The molecule has 2 rings (SSSR count). The van der Waals surface area contributed by atoms with Crippen LogP contribution in [-0.4, -0.2) is 21.2 Å². The smallest absolute Gasteiger partial charge is 0.404 e. The number of carboxylic acid groups (broad SMARTS) is 1. The van der Waals surface area contributed by atoms with Crippen molar-refractivity contribution in [2.45, 2.75) is 39.8 Å². The van der Waals surface area contributed by atoms with Crippen molar-refractivity contribution in [1.82, 2.24) is 9.27 Å². The van der Waals surface area contributed by atoms with Gasteiger partial charge >= 0.3 is 6.09 Å². The average Bonchev–Trinajstić information content (AvgIpc) is 2.67. The zero-order valence-corrected chi connectivity index (χ0v) is 12.7. The van der Waals surface area contributed by atoms with Crippen molar-refractivity contribution in [3.05, 3.63) is 34.6 Å². The SMILES string of the molecule is CC(C)NC(=O)O.CCCn1sc2ccccc2c1=O. The van der Waals surface area contributed by atoms with E-state index in [1.165, 1.54) is 0 Å². The van der Waals surface area contributed by atoms with Gasteiger partial charge in [-0.25, -0.2) is 4.79 Å². The second-order valence-corrected chi connectivity index (χ2v) is 5.66. The van der Waals surface area contributed by atoms with E-state index >= 15 is 0 Å². The minimum absolute atomic E-state index is 0.0255. The zero-order valence-electron chi connectivity index (χ0n) is 11.9. The molecule has 0 fully saturated rings. The van der Waals surface area contributed by atoms with E-state index in [2.05, 4.69) is 12.2 Å². The molecular formula is C14H20N2O3S. The second-order valence-electron chi connectivity index (χ2n) is 4.60. The van der Waals surface area contributed by atoms with E-state index in [0.29, 0.717) is 0 Å². The van der Waals surface area contributed by atoms with Gasteiger partial charge in [-0.1, -0.05) is 30.6 Å². The number of hydrogen-bond acceptors (Lipinski definition) is 3. The monoisotopic (exact) mass is 296 g/mol. The Balaban J connectivity index is 0.000000246. The predicted octanol–water partition coefficient (Wildman–Crippen LogP) is 3.14. The molecule has 5 nitrogen and oxygen atoms in total. The maximum atomic E-state index is 11.7. The summed E-state index contributed by atoms with van der Waals surface area (Å²) < 4.78 is 2.91. The second kappa shape index (κ2) is 7.69. The molecule has 0 atom stereocenters. The summed E-state index contributed by atoms with van der Waals surface area (Å²) in [5.74, 6) is 0. The van der Waals surface area contributed by atoms with E-state index in [9.17, 15) is 9.59 Å². The van der Waals surface area contributed by atoms with E-state index in [4.69, 9.17) is 5.11 Å². The molecule has 2 aromatic rings. The molecule has 6 heteroatoms. The molecule has 0 bridgehead atoms. The van der Waals surface area contributed by atoms with Crippen molar-refractivity contribution in [2.24, 2.45) is 0 Å². The molecule has 2 N–H and O–H groups in total.